The Kier molecular flexibility index (Phi) is 6.30. The van der Waals surface area contributed by atoms with Crippen molar-refractivity contribution in [2.45, 2.75) is 0 Å². The lowest BCUT2D eigenvalue weighted by Crippen LogP contribution is -2.43. The summed E-state index contributed by atoms with van der Waals surface area (Å²) < 4.78 is 12.8. The zero-order valence-electron chi connectivity index (χ0n) is 17.5. The second-order valence-corrected chi connectivity index (χ2v) is 9.92. The number of ether oxygens (including phenoxy) is 2. The number of thiophene rings is 1. The number of fused-ring (bicyclic) bond motifs is 2. The number of amides is 1. The van der Waals surface area contributed by atoms with Gasteiger partial charge in [0.25, 0.3) is 5.91 Å². The minimum Gasteiger partial charge on any atom is -0.497 e. The highest BCUT2D eigenvalue weighted by atomic mass is 35.5. The molecule has 0 saturated carbocycles. The molecule has 2 aromatic heterocycles. The van der Waals surface area contributed by atoms with E-state index in [-0.39, 0.29) is 5.91 Å². The second kappa shape index (κ2) is 9.33. The van der Waals surface area contributed by atoms with E-state index in [1.54, 1.807) is 12.0 Å². The van der Waals surface area contributed by atoms with E-state index >= 15 is 0 Å². The maximum atomic E-state index is 13.8. The van der Waals surface area contributed by atoms with Crippen molar-refractivity contribution in [1.82, 2.24) is 9.88 Å². The van der Waals surface area contributed by atoms with Gasteiger partial charge < -0.3 is 9.47 Å². The number of thiazole rings is 1. The van der Waals surface area contributed by atoms with Crippen LogP contribution in [0, 0.1) is 0 Å². The van der Waals surface area contributed by atoms with Crippen LogP contribution in [-0.2, 0) is 4.74 Å². The maximum absolute atomic E-state index is 13.8. The van der Waals surface area contributed by atoms with E-state index < -0.39 is 0 Å². The van der Waals surface area contributed by atoms with Gasteiger partial charge in [0.2, 0.25) is 0 Å². The Morgan fingerprint density at radius 2 is 2.00 bits per heavy atom. The summed E-state index contributed by atoms with van der Waals surface area (Å²) in [6, 6.07) is 13.6. The zero-order valence-corrected chi connectivity index (χ0v) is 19.9. The summed E-state index contributed by atoms with van der Waals surface area (Å²) in [6.45, 7) is 4.44. The lowest BCUT2D eigenvalue weighted by Gasteiger charge is -2.29. The Bertz CT molecular complexity index is 1270. The van der Waals surface area contributed by atoms with Crippen molar-refractivity contribution in [2.75, 3.05) is 51.4 Å². The summed E-state index contributed by atoms with van der Waals surface area (Å²) in [5.74, 6) is 0.628. The molecule has 0 atom stereocenters. The van der Waals surface area contributed by atoms with Crippen LogP contribution in [0.1, 0.15) is 9.67 Å². The minimum atomic E-state index is -0.115. The molecule has 1 fully saturated rings. The molecule has 5 rings (SSSR count). The molecule has 1 aliphatic rings. The van der Waals surface area contributed by atoms with Crippen LogP contribution in [0.2, 0.25) is 5.02 Å². The van der Waals surface area contributed by atoms with Crippen LogP contribution in [0.4, 0.5) is 5.13 Å². The molecule has 0 N–H and O–H groups in total. The van der Waals surface area contributed by atoms with Crippen LogP contribution < -0.4 is 9.64 Å². The maximum Gasteiger partial charge on any atom is 0.271 e. The fraction of sp³-hybridized carbons (Fsp3) is 0.304. The molecule has 2 aromatic carbocycles. The van der Waals surface area contributed by atoms with Crippen LogP contribution in [0.3, 0.4) is 0 Å². The molecule has 6 nitrogen and oxygen atoms in total. The number of morpholine rings is 1. The molecule has 1 aliphatic heterocycles. The van der Waals surface area contributed by atoms with Crippen LogP contribution >= 0.6 is 34.3 Å². The molecule has 0 bridgehead atoms. The average Bonchev–Trinajstić information content (AvgIpc) is 3.40. The number of methoxy groups -OCH3 is 1. The van der Waals surface area contributed by atoms with Gasteiger partial charge in [-0.3, -0.25) is 14.6 Å². The number of rotatable bonds is 6. The monoisotopic (exact) mass is 487 g/mol. The molecule has 1 saturated heterocycles. The Balaban J connectivity index is 1.51. The van der Waals surface area contributed by atoms with E-state index in [0.29, 0.717) is 21.6 Å². The topological polar surface area (TPSA) is 54.9 Å². The number of hydrogen-bond acceptors (Lipinski definition) is 7. The van der Waals surface area contributed by atoms with Gasteiger partial charge in [-0.15, -0.1) is 11.3 Å². The van der Waals surface area contributed by atoms with E-state index in [1.165, 1.54) is 22.7 Å². The molecule has 4 aromatic rings. The molecule has 32 heavy (non-hydrogen) atoms. The largest absolute Gasteiger partial charge is 0.497 e. The third-order valence-electron chi connectivity index (χ3n) is 5.53. The van der Waals surface area contributed by atoms with Crippen LogP contribution in [0.5, 0.6) is 5.75 Å². The first-order chi connectivity index (χ1) is 15.6. The number of benzene rings is 2. The van der Waals surface area contributed by atoms with Crippen molar-refractivity contribution in [2.24, 2.45) is 0 Å². The highest BCUT2D eigenvalue weighted by molar-refractivity contribution is 7.23. The summed E-state index contributed by atoms with van der Waals surface area (Å²) in [4.78, 5) is 23.2. The smallest absolute Gasteiger partial charge is 0.271 e. The van der Waals surface area contributed by atoms with Crippen molar-refractivity contribution in [3.05, 3.63) is 52.4 Å². The molecule has 0 unspecified atom stereocenters. The third-order valence-corrected chi connectivity index (χ3v) is 8.25. The molecular formula is C23H22ClN3O3S2. The third kappa shape index (κ3) is 4.21. The second-order valence-electron chi connectivity index (χ2n) is 7.48. The van der Waals surface area contributed by atoms with Gasteiger partial charge in [0.05, 0.1) is 35.6 Å². The summed E-state index contributed by atoms with van der Waals surface area (Å²) in [5.41, 5.74) is 0.816. The molecule has 0 aliphatic carbocycles. The van der Waals surface area contributed by atoms with E-state index in [9.17, 15) is 4.79 Å². The van der Waals surface area contributed by atoms with Crippen molar-refractivity contribution in [3.8, 4) is 5.75 Å². The van der Waals surface area contributed by atoms with Crippen molar-refractivity contribution >= 4 is 65.6 Å². The van der Waals surface area contributed by atoms with Crippen molar-refractivity contribution in [1.29, 1.82) is 0 Å². The van der Waals surface area contributed by atoms with Crippen LogP contribution in [-0.4, -0.2) is 62.3 Å². The van der Waals surface area contributed by atoms with Crippen molar-refractivity contribution in [3.63, 3.8) is 0 Å². The molecule has 166 valence electrons. The highest BCUT2D eigenvalue weighted by Crippen LogP contribution is 2.38. The number of halogens is 1. The SMILES string of the molecule is COc1ccc2sc(N(CCN3CCOCC3)C(=O)c3sc4ccccc4c3Cl)nc2c1. The van der Waals surface area contributed by atoms with Gasteiger partial charge in [0.15, 0.2) is 5.13 Å². The van der Waals surface area contributed by atoms with E-state index in [4.69, 9.17) is 26.1 Å². The Hall–Kier alpha value is -2.23. The van der Waals surface area contributed by atoms with Gasteiger partial charge >= 0.3 is 0 Å². The average molecular weight is 488 g/mol. The van der Waals surface area contributed by atoms with Crippen LogP contribution in [0.25, 0.3) is 20.3 Å². The highest BCUT2D eigenvalue weighted by Gasteiger charge is 2.27. The molecule has 9 heteroatoms. The first kappa shape index (κ1) is 21.6. The van der Waals surface area contributed by atoms with E-state index in [0.717, 1.165) is 58.9 Å². The first-order valence-electron chi connectivity index (χ1n) is 10.4. The number of carbonyl (C=O) groups is 1. The summed E-state index contributed by atoms with van der Waals surface area (Å²) in [6.07, 6.45) is 0. The Morgan fingerprint density at radius 3 is 2.78 bits per heavy atom. The number of aromatic nitrogens is 1. The molecule has 0 radical (unpaired) electrons. The molecule has 3 heterocycles. The predicted molar refractivity (Wildman–Crippen MR) is 132 cm³/mol. The number of carbonyl (C=O) groups excluding carboxylic acids is 1. The first-order valence-corrected chi connectivity index (χ1v) is 12.4. The fourth-order valence-corrected chi connectivity index (χ4v) is 6.19. The Labute approximate surface area is 198 Å². The predicted octanol–water partition coefficient (Wildman–Crippen LogP) is 5.15. The minimum absolute atomic E-state index is 0.115. The quantitative estimate of drug-likeness (QED) is 0.376. The summed E-state index contributed by atoms with van der Waals surface area (Å²) >= 11 is 9.59. The number of nitrogens with zero attached hydrogens (tertiary/aromatic N) is 3. The van der Waals surface area contributed by atoms with Crippen LogP contribution in [0.15, 0.2) is 42.5 Å². The lowest BCUT2D eigenvalue weighted by molar-refractivity contribution is 0.0391. The number of hydrogen-bond donors (Lipinski definition) is 0. The lowest BCUT2D eigenvalue weighted by atomic mass is 10.2. The zero-order chi connectivity index (χ0) is 22.1. The standard InChI is InChI=1S/C23H22ClN3O3S2/c1-29-15-6-7-19-17(14-15)25-23(32-19)27(9-8-26-10-12-30-13-11-26)22(28)21-20(24)16-4-2-3-5-18(16)31-21/h2-7,14H,8-13H2,1H3. The molecule has 1 amide bonds. The van der Waals surface area contributed by atoms with Gasteiger partial charge in [-0.2, -0.15) is 0 Å². The van der Waals surface area contributed by atoms with E-state index in [2.05, 4.69) is 4.90 Å². The fourth-order valence-electron chi connectivity index (χ4n) is 3.76. The van der Waals surface area contributed by atoms with Gasteiger partial charge in [-0.1, -0.05) is 41.1 Å². The number of anilines is 1. The van der Waals surface area contributed by atoms with E-state index in [1.807, 2.05) is 42.5 Å². The summed E-state index contributed by atoms with van der Waals surface area (Å²) in [7, 11) is 1.63. The van der Waals surface area contributed by atoms with Crippen molar-refractivity contribution < 1.29 is 14.3 Å². The molecular weight excluding hydrogens is 466 g/mol. The summed E-state index contributed by atoms with van der Waals surface area (Å²) in [5, 5.41) is 2.08. The van der Waals surface area contributed by atoms with Gasteiger partial charge in [0.1, 0.15) is 10.6 Å². The molecule has 0 spiro atoms. The van der Waals surface area contributed by atoms with Gasteiger partial charge in [0, 0.05) is 42.3 Å². The van der Waals surface area contributed by atoms with Gasteiger partial charge in [-0.05, 0) is 18.2 Å². The Morgan fingerprint density at radius 1 is 1.19 bits per heavy atom. The van der Waals surface area contributed by atoms with Gasteiger partial charge in [-0.25, -0.2) is 4.98 Å². The normalized spacial score (nSPS) is 14.8.